The van der Waals surface area contributed by atoms with Crippen molar-refractivity contribution in [2.24, 2.45) is 5.92 Å². The minimum Gasteiger partial charge on any atom is -0.467 e. The largest absolute Gasteiger partial charge is 0.467 e. The summed E-state index contributed by atoms with van der Waals surface area (Å²) in [6.07, 6.45) is 0. The van der Waals surface area contributed by atoms with Crippen LogP contribution >= 0.6 is 11.6 Å². The zero-order chi connectivity index (χ0) is 13.5. The van der Waals surface area contributed by atoms with Crippen molar-refractivity contribution in [2.45, 2.75) is 13.0 Å². The summed E-state index contributed by atoms with van der Waals surface area (Å²) in [4.78, 5) is 11.8. The monoisotopic (exact) mass is 271 g/mol. The first-order valence-corrected chi connectivity index (χ1v) is 6.05. The number of nitrogens with one attached hydrogen (secondary N) is 1. The number of halogens is 1. The van der Waals surface area contributed by atoms with Crippen LogP contribution in [0.4, 0.5) is 5.69 Å². The lowest BCUT2D eigenvalue weighted by atomic mass is 10.0. The van der Waals surface area contributed by atoms with Gasteiger partial charge in [0.25, 0.3) is 0 Å². The molecule has 0 aliphatic rings. The highest BCUT2D eigenvalue weighted by atomic mass is 35.5. The summed E-state index contributed by atoms with van der Waals surface area (Å²) in [7, 11) is 2.96. The topological polar surface area (TPSA) is 47.6 Å². The quantitative estimate of drug-likeness (QED) is 0.808. The lowest BCUT2D eigenvalue weighted by Gasteiger charge is -2.23. The van der Waals surface area contributed by atoms with Gasteiger partial charge in [-0.05, 0) is 12.1 Å². The van der Waals surface area contributed by atoms with Gasteiger partial charge in [-0.1, -0.05) is 30.7 Å². The molecule has 5 heteroatoms. The lowest BCUT2D eigenvalue weighted by Crippen LogP contribution is -2.38. The smallest absolute Gasteiger partial charge is 0.328 e. The van der Waals surface area contributed by atoms with Gasteiger partial charge in [-0.15, -0.1) is 0 Å². The Balaban J connectivity index is 2.85. The molecule has 1 N–H and O–H groups in total. The number of rotatable bonds is 6. The van der Waals surface area contributed by atoms with Gasteiger partial charge in [-0.2, -0.15) is 0 Å². The van der Waals surface area contributed by atoms with Gasteiger partial charge in [0.05, 0.1) is 24.4 Å². The summed E-state index contributed by atoms with van der Waals surface area (Å²) < 4.78 is 9.86. The molecule has 2 unspecified atom stereocenters. The highest BCUT2D eigenvalue weighted by Crippen LogP contribution is 2.23. The second-order valence-electron chi connectivity index (χ2n) is 4.06. The summed E-state index contributed by atoms with van der Waals surface area (Å²) in [6, 6.07) is 6.77. The summed E-state index contributed by atoms with van der Waals surface area (Å²) in [6.45, 7) is 2.37. The molecule has 2 atom stereocenters. The van der Waals surface area contributed by atoms with Crippen molar-refractivity contribution in [3.05, 3.63) is 29.3 Å². The van der Waals surface area contributed by atoms with E-state index in [1.165, 1.54) is 7.11 Å². The highest BCUT2D eigenvalue weighted by Gasteiger charge is 2.26. The van der Waals surface area contributed by atoms with Gasteiger partial charge in [-0.3, -0.25) is 0 Å². The van der Waals surface area contributed by atoms with Crippen molar-refractivity contribution < 1.29 is 14.3 Å². The molecule has 1 aromatic carbocycles. The van der Waals surface area contributed by atoms with E-state index in [2.05, 4.69) is 5.32 Å². The Bertz CT molecular complexity index is 398. The summed E-state index contributed by atoms with van der Waals surface area (Å²) in [5.41, 5.74) is 0.706. The average Bonchev–Trinajstić information content (AvgIpc) is 2.37. The molecule has 0 heterocycles. The number of methoxy groups -OCH3 is 2. The number of benzene rings is 1. The first kappa shape index (κ1) is 14.8. The molecule has 1 rings (SSSR count). The second-order valence-corrected chi connectivity index (χ2v) is 4.46. The molecular formula is C13H18ClNO3. The Morgan fingerprint density at radius 2 is 2.06 bits per heavy atom. The molecule has 0 bridgehead atoms. The average molecular weight is 272 g/mol. The molecule has 0 spiro atoms. The van der Waals surface area contributed by atoms with Gasteiger partial charge in [0, 0.05) is 13.0 Å². The zero-order valence-electron chi connectivity index (χ0n) is 10.8. The van der Waals surface area contributed by atoms with Crippen LogP contribution < -0.4 is 5.32 Å². The van der Waals surface area contributed by atoms with Crippen molar-refractivity contribution in [3.8, 4) is 0 Å². The van der Waals surface area contributed by atoms with E-state index in [0.717, 1.165) is 0 Å². The van der Waals surface area contributed by atoms with Crippen LogP contribution in [0.3, 0.4) is 0 Å². The van der Waals surface area contributed by atoms with Crippen LogP contribution in [0.25, 0.3) is 0 Å². The first-order valence-electron chi connectivity index (χ1n) is 5.68. The van der Waals surface area contributed by atoms with Crippen molar-refractivity contribution >= 4 is 23.3 Å². The minimum atomic E-state index is -0.491. The van der Waals surface area contributed by atoms with Crippen LogP contribution in [0.1, 0.15) is 6.92 Å². The number of hydrogen-bond acceptors (Lipinski definition) is 4. The van der Waals surface area contributed by atoms with Crippen LogP contribution in [0, 0.1) is 5.92 Å². The van der Waals surface area contributed by atoms with Crippen molar-refractivity contribution in [1.82, 2.24) is 0 Å². The number of hydrogen-bond donors (Lipinski definition) is 1. The van der Waals surface area contributed by atoms with E-state index >= 15 is 0 Å². The first-order chi connectivity index (χ1) is 8.60. The van der Waals surface area contributed by atoms with Crippen molar-refractivity contribution in [3.63, 3.8) is 0 Å². The van der Waals surface area contributed by atoms with E-state index in [9.17, 15) is 4.79 Å². The maximum atomic E-state index is 11.8. The molecule has 0 saturated carbocycles. The fraction of sp³-hybridized carbons (Fsp3) is 0.462. The van der Waals surface area contributed by atoms with E-state index in [1.54, 1.807) is 13.2 Å². The van der Waals surface area contributed by atoms with E-state index in [-0.39, 0.29) is 11.9 Å². The third kappa shape index (κ3) is 3.89. The third-order valence-corrected chi connectivity index (χ3v) is 2.97. The van der Waals surface area contributed by atoms with Crippen molar-refractivity contribution in [2.75, 3.05) is 26.1 Å². The predicted octanol–water partition coefficient (Wildman–Crippen LogP) is 2.58. The van der Waals surface area contributed by atoms with Gasteiger partial charge in [0.15, 0.2) is 0 Å². The highest BCUT2D eigenvalue weighted by molar-refractivity contribution is 6.33. The molecule has 4 nitrogen and oxygen atoms in total. The third-order valence-electron chi connectivity index (χ3n) is 2.64. The number of ether oxygens (including phenoxy) is 2. The fourth-order valence-corrected chi connectivity index (χ4v) is 1.86. The zero-order valence-corrected chi connectivity index (χ0v) is 11.5. The molecular weight excluding hydrogens is 254 g/mol. The molecule has 0 radical (unpaired) electrons. The maximum Gasteiger partial charge on any atom is 0.328 e. The Hall–Kier alpha value is -1.26. The fourth-order valence-electron chi connectivity index (χ4n) is 1.67. The summed E-state index contributed by atoms with van der Waals surface area (Å²) >= 11 is 6.05. The summed E-state index contributed by atoms with van der Waals surface area (Å²) in [5.74, 6) is -0.363. The van der Waals surface area contributed by atoms with Gasteiger partial charge < -0.3 is 14.8 Å². The maximum absolute atomic E-state index is 11.8. The van der Waals surface area contributed by atoms with Crippen LogP contribution in [-0.2, 0) is 14.3 Å². The minimum absolute atomic E-state index is 0.0290. The Morgan fingerprint density at radius 3 is 2.61 bits per heavy atom. The van der Waals surface area contributed by atoms with Crippen LogP contribution in [0.5, 0.6) is 0 Å². The molecule has 1 aromatic rings. The number of anilines is 1. The molecule has 18 heavy (non-hydrogen) atoms. The van der Waals surface area contributed by atoms with Gasteiger partial charge >= 0.3 is 5.97 Å². The van der Waals surface area contributed by atoms with Crippen molar-refractivity contribution in [1.29, 1.82) is 0 Å². The van der Waals surface area contributed by atoms with Crippen LogP contribution in [0.2, 0.25) is 5.02 Å². The second kappa shape index (κ2) is 7.24. The Morgan fingerprint density at radius 1 is 1.39 bits per heavy atom. The predicted molar refractivity (Wildman–Crippen MR) is 71.9 cm³/mol. The van der Waals surface area contributed by atoms with E-state index < -0.39 is 6.04 Å². The molecule has 0 amide bonds. The number of carbonyl (C=O) groups is 1. The Kier molecular flexibility index (Phi) is 5.95. The molecule has 0 aliphatic carbocycles. The SMILES string of the molecule is COCC(C)C(Nc1ccccc1Cl)C(=O)OC. The number of carbonyl (C=O) groups excluding carboxylic acids is 1. The molecule has 0 fully saturated rings. The van der Waals surface area contributed by atoms with Crippen LogP contribution in [-0.4, -0.2) is 32.8 Å². The van der Waals surface area contributed by atoms with Gasteiger partial charge in [0.1, 0.15) is 6.04 Å². The molecule has 0 aromatic heterocycles. The Labute approximate surface area is 112 Å². The lowest BCUT2D eigenvalue weighted by molar-refractivity contribution is -0.143. The van der Waals surface area contributed by atoms with E-state index in [4.69, 9.17) is 21.1 Å². The van der Waals surface area contributed by atoms with Gasteiger partial charge in [0.2, 0.25) is 0 Å². The molecule has 0 aliphatic heterocycles. The number of para-hydroxylation sites is 1. The molecule has 0 saturated heterocycles. The van der Waals surface area contributed by atoms with E-state index in [0.29, 0.717) is 17.3 Å². The van der Waals surface area contributed by atoms with E-state index in [1.807, 2.05) is 25.1 Å². The van der Waals surface area contributed by atoms with Crippen LogP contribution in [0.15, 0.2) is 24.3 Å². The number of esters is 1. The standard InChI is InChI=1S/C13H18ClNO3/c1-9(8-17-2)12(13(16)18-3)15-11-7-5-4-6-10(11)14/h4-7,9,12,15H,8H2,1-3H3. The summed E-state index contributed by atoms with van der Waals surface area (Å²) in [5, 5.41) is 3.66. The normalized spacial score (nSPS) is 13.8. The molecule has 100 valence electrons. The van der Waals surface area contributed by atoms with Gasteiger partial charge in [-0.25, -0.2) is 4.79 Å².